The van der Waals surface area contributed by atoms with Crippen LogP contribution < -0.4 is 5.32 Å². The molecule has 1 aromatic carbocycles. The summed E-state index contributed by atoms with van der Waals surface area (Å²) in [7, 11) is 0. The summed E-state index contributed by atoms with van der Waals surface area (Å²) in [5.41, 5.74) is 1.09. The molecule has 1 aromatic rings. The van der Waals surface area contributed by atoms with Gasteiger partial charge in [-0.15, -0.1) is 11.8 Å². The van der Waals surface area contributed by atoms with Crippen molar-refractivity contribution in [3.8, 4) is 0 Å². The molecule has 1 amide bonds. The van der Waals surface area contributed by atoms with Crippen LogP contribution >= 0.6 is 23.4 Å². The van der Waals surface area contributed by atoms with Gasteiger partial charge in [0.15, 0.2) is 0 Å². The lowest BCUT2D eigenvalue weighted by Gasteiger charge is -2.08. The highest BCUT2D eigenvalue weighted by Crippen LogP contribution is 2.35. The Bertz CT molecular complexity index is 352. The molecule has 2 rings (SSSR count). The molecule has 0 bridgehead atoms. The molecular formula is C10H10ClNOS. The van der Waals surface area contributed by atoms with Gasteiger partial charge in [-0.2, -0.15) is 0 Å². The summed E-state index contributed by atoms with van der Waals surface area (Å²) in [5, 5.41) is 3.76. The fourth-order valence-corrected chi connectivity index (χ4v) is 2.57. The van der Waals surface area contributed by atoms with Gasteiger partial charge in [0.1, 0.15) is 5.37 Å². The van der Waals surface area contributed by atoms with Crippen molar-refractivity contribution in [1.82, 2.24) is 5.32 Å². The molecular weight excluding hydrogens is 218 g/mol. The summed E-state index contributed by atoms with van der Waals surface area (Å²) in [6, 6.07) is 7.57. The smallest absolute Gasteiger partial charge is 0.234 e. The fourth-order valence-electron chi connectivity index (χ4n) is 1.35. The van der Waals surface area contributed by atoms with Crippen molar-refractivity contribution in [1.29, 1.82) is 0 Å². The highest BCUT2D eigenvalue weighted by atomic mass is 35.5. The van der Waals surface area contributed by atoms with E-state index >= 15 is 0 Å². The molecule has 0 unspecified atom stereocenters. The van der Waals surface area contributed by atoms with E-state index in [0.717, 1.165) is 10.6 Å². The van der Waals surface area contributed by atoms with E-state index in [1.807, 2.05) is 31.2 Å². The number of carbonyl (C=O) groups excluding carboxylic acids is 1. The largest absolute Gasteiger partial charge is 0.339 e. The first kappa shape index (κ1) is 9.87. The van der Waals surface area contributed by atoms with E-state index in [4.69, 9.17) is 11.6 Å². The predicted octanol–water partition coefficient (Wildman–Crippen LogP) is 2.59. The van der Waals surface area contributed by atoms with Crippen molar-refractivity contribution >= 4 is 29.3 Å². The van der Waals surface area contributed by atoms with Crippen molar-refractivity contribution in [2.24, 2.45) is 0 Å². The molecule has 1 N–H and O–H groups in total. The first-order valence-electron chi connectivity index (χ1n) is 4.38. The Morgan fingerprint density at radius 1 is 1.36 bits per heavy atom. The third kappa shape index (κ3) is 1.88. The Balaban J connectivity index is 2.17. The van der Waals surface area contributed by atoms with Crippen LogP contribution in [-0.4, -0.2) is 11.2 Å². The van der Waals surface area contributed by atoms with Gasteiger partial charge in [0.05, 0.1) is 5.25 Å². The number of hydrogen-bond donors (Lipinski definition) is 1. The first-order valence-corrected chi connectivity index (χ1v) is 5.70. The molecule has 4 heteroatoms. The molecule has 0 aliphatic carbocycles. The third-order valence-electron chi connectivity index (χ3n) is 2.16. The molecule has 1 aliphatic rings. The van der Waals surface area contributed by atoms with Crippen molar-refractivity contribution in [3.05, 3.63) is 34.9 Å². The van der Waals surface area contributed by atoms with Crippen LogP contribution in [0.25, 0.3) is 0 Å². The van der Waals surface area contributed by atoms with E-state index in [9.17, 15) is 4.79 Å². The third-order valence-corrected chi connectivity index (χ3v) is 3.69. The van der Waals surface area contributed by atoms with E-state index in [0.29, 0.717) is 0 Å². The Hall–Kier alpha value is -0.670. The summed E-state index contributed by atoms with van der Waals surface area (Å²) in [6.07, 6.45) is 0. The molecule has 0 saturated carbocycles. The van der Waals surface area contributed by atoms with Gasteiger partial charge in [0.25, 0.3) is 0 Å². The SMILES string of the molecule is C[C@H]1S[C@H](c2ccc(Cl)cc2)NC1=O. The van der Waals surface area contributed by atoms with E-state index in [1.165, 1.54) is 0 Å². The molecule has 1 fully saturated rings. The lowest BCUT2D eigenvalue weighted by molar-refractivity contribution is -0.119. The minimum absolute atomic E-state index is 0.0377. The number of thioether (sulfide) groups is 1. The quantitative estimate of drug-likeness (QED) is 0.799. The van der Waals surface area contributed by atoms with Gasteiger partial charge in [-0.25, -0.2) is 0 Å². The van der Waals surface area contributed by atoms with Gasteiger partial charge in [0.2, 0.25) is 5.91 Å². The number of halogens is 1. The number of rotatable bonds is 1. The monoisotopic (exact) mass is 227 g/mol. The molecule has 2 atom stereocenters. The second-order valence-electron chi connectivity index (χ2n) is 3.22. The summed E-state index contributed by atoms with van der Waals surface area (Å²) in [5.74, 6) is 0.106. The van der Waals surface area contributed by atoms with E-state index in [1.54, 1.807) is 11.8 Å². The van der Waals surface area contributed by atoms with Gasteiger partial charge in [-0.1, -0.05) is 23.7 Å². The van der Waals surface area contributed by atoms with E-state index in [2.05, 4.69) is 5.32 Å². The second-order valence-corrected chi connectivity index (χ2v) is 5.11. The molecule has 0 spiro atoms. The number of hydrogen-bond acceptors (Lipinski definition) is 2. The van der Waals surface area contributed by atoms with Crippen molar-refractivity contribution in [2.45, 2.75) is 17.5 Å². The molecule has 1 aliphatic heterocycles. The number of benzene rings is 1. The highest BCUT2D eigenvalue weighted by Gasteiger charge is 2.29. The first-order chi connectivity index (χ1) is 6.66. The van der Waals surface area contributed by atoms with Crippen LogP contribution in [0.5, 0.6) is 0 Å². The maximum absolute atomic E-state index is 11.3. The molecule has 2 nitrogen and oxygen atoms in total. The fraction of sp³-hybridized carbons (Fsp3) is 0.300. The molecule has 0 radical (unpaired) electrons. The van der Waals surface area contributed by atoms with E-state index in [-0.39, 0.29) is 16.5 Å². The number of amides is 1. The van der Waals surface area contributed by atoms with Crippen molar-refractivity contribution in [2.75, 3.05) is 0 Å². The Morgan fingerprint density at radius 2 is 2.00 bits per heavy atom. The lowest BCUT2D eigenvalue weighted by Crippen LogP contribution is -2.22. The van der Waals surface area contributed by atoms with Crippen LogP contribution in [0.3, 0.4) is 0 Å². The summed E-state index contributed by atoms with van der Waals surface area (Å²) < 4.78 is 0. The molecule has 74 valence electrons. The minimum atomic E-state index is 0.0377. The van der Waals surface area contributed by atoms with Gasteiger partial charge in [-0.3, -0.25) is 4.79 Å². The van der Waals surface area contributed by atoms with Crippen LogP contribution in [0.15, 0.2) is 24.3 Å². The topological polar surface area (TPSA) is 29.1 Å². The number of carbonyl (C=O) groups is 1. The van der Waals surface area contributed by atoms with Crippen molar-refractivity contribution < 1.29 is 4.79 Å². The molecule has 1 saturated heterocycles. The zero-order valence-corrected chi connectivity index (χ0v) is 9.23. The van der Waals surface area contributed by atoms with Gasteiger partial charge in [-0.05, 0) is 24.6 Å². The van der Waals surface area contributed by atoms with Gasteiger partial charge >= 0.3 is 0 Å². The van der Waals surface area contributed by atoms with Gasteiger partial charge in [0, 0.05) is 5.02 Å². The Kier molecular flexibility index (Phi) is 2.70. The average Bonchev–Trinajstić information content (AvgIpc) is 2.48. The predicted molar refractivity (Wildman–Crippen MR) is 59.4 cm³/mol. The van der Waals surface area contributed by atoms with Crippen LogP contribution in [0.2, 0.25) is 5.02 Å². The lowest BCUT2D eigenvalue weighted by atomic mass is 10.2. The molecule has 1 heterocycles. The molecule has 14 heavy (non-hydrogen) atoms. The van der Waals surface area contributed by atoms with Crippen LogP contribution in [-0.2, 0) is 4.79 Å². The van der Waals surface area contributed by atoms with Crippen LogP contribution in [0.4, 0.5) is 0 Å². The Morgan fingerprint density at radius 3 is 2.50 bits per heavy atom. The maximum atomic E-state index is 11.3. The van der Waals surface area contributed by atoms with Crippen LogP contribution in [0.1, 0.15) is 17.9 Å². The normalized spacial score (nSPS) is 26.3. The maximum Gasteiger partial charge on any atom is 0.234 e. The van der Waals surface area contributed by atoms with Crippen molar-refractivity contribution in [3.63, 3.8) is 0 Å². The zero-order valence-electron chi connectivity index (χ0n) is 7.66. The average molecular weight is 228 g/mol. The van der Waals surface area contributed by atoms with Crippen LogP contribution in [0, 0.1) is 0 Å². The standard InChI is InChI=1S/C10H10ClNOS/c1-6-9(13)12-10(14-6)7-2-4-8(11)5-3-7/h2-6,10H,1H3,(H,12,13)/t6-,10-/m1/s1. The second kappa shape index (κ2) is 3.83. The Labute approximate surface area is 92.0 Å². The number of nitrogens with one attached hydrogen (secondary N) is 1. The van der Waals surface area contributed by atoms with E-state index < -0.39 is 0 Å². The summed E-state index contributed by atoms with van der Waals surface area (Å²) >= 11 is 7.41. The molecule has 0 aromatic heterocycles. The zero-order chi connectivity index (χ0) is 10.1. The summed E-state index contributed by atoms with van der Waals surface area (Å²) in [4.78, 5) is 11.3. The minimum Gasteiger partial charge on any atom is -0.339 e. The summed E-state index contributed by atoms with van der Waals surface area (Å²) in [6.45, 7) is 1.91. The highest BCUT2D eigenvalue weighted by molar-refractivity contribution is 8.01. The van der Waals surface area contributed by atoms with Gasteiger partial charge < -0.3 is 5.32 Å².